The summed E-state index contributed by atoms with van der Waals surface area (Å²) >= 11 is 0. The van der Waals surface area contributed by atoms with Gasteiger partial charge >= 0.3 is 12.1 Å². The monoisotopic (exact) mass is 288 g/mol. The number of carbonyl (C=O) groups is 2. The molecule has 0 saturated heterocycles. The molecular formula is C13H16N6O2. The Kier molecular flexibility index (Phi) is 4.86. The van der Waals surface area contributed by atoms with E-state index in [0.29, 0.717) is 12.1 Å². The number of benzene rings is 1. The number of amides is 4. The average Bonchev–Trinajstić information content (AvgIpc) is 2.48. The molecule has 0 aromatic heterocycles. The zero-order chi connectivity index (χ0) is 15.1. The molecule has 0 spiro atoms. The molecule has 8 nitrogen and oxygen atoms in total. The summed E-state index contributed by atoms with van der Waals surface area (Å²) in [6.07, 6.45) is 2.19. The van der Waals surface area contributed by atoms with Crippen LogP contribution in [0.25, 0.3) is 0 Å². The van der Waals surface area contributed by atoms with Gasteiger partial charge in [0.05, 0.1) is 12.3 Å². The molecule has 0 fully saturated rings. The molecular weight excluding hydrogens is 272 g/mol. The average molecular weight is 288 g/mol. The van der Waals surface area contributed by atoms with E-state index in [0.717, 1.165) is 10.6 Å². The van der Waals surface area contributed by atoms with Crippen molar-refractivity contribution in [1.82, 2.24) is 21.3 Å². The Balaban J connectivity index is 1.75. The molecule has 110 valence electrons. The Bertz CT molecular complexity index is 569. The molecule has 1 aromatic carbocycles. The van der Waals surface area contributed by atoms with Crippen LogP contribution in [0.3, 0.4) is 0 Å². The Morgan fingerprint density at radius 3 is 3.00 bits per heavy atom. The lowest BCUT2D eigenvalue weighted by molar-refractivity contribution is 0.173. The summed E-state index contributed by atoms with van der Waals surface area (Å²) in [6, 6.07) is 8.64. The maximum Gasteiger partial charge on any atom is 0.356 e. The summed E-state index contributed by atoms with van der Waals surface area (Å²) in [7, 11) is 0. The second-order valence-electron chi connectivity index (χ2n) is 4.40. The molecule has 0 bridgehead atoms. The first-order valence-corrected chi connectivity index (χ1v) is 6.38. The molecule has 1 heterocycles. The maximum absolute atomic E-state index is 11.6. The SMILES string of the molecule is CC1=NNC(=O)N(NC(=O)N/N=C/Cc2ccccc2)C1. The number of nitrogens with one attached hydrogen (secondary N) is 3. The fourth-order valence-electron chi connectivity index (χ4n) is 1.65. The van der Waals surface area contributed by atoms with Crippen LogP contribution in [0.5, 0.6) is 0 Å². The Morgan fingerprint density at radius 2 is 2.24 bits per heavy atom. The number of hydrogen-bond acceptors (Lipinski definition) is 4. The molecule has 2 rings (SSSR count). The number of hydrazone groups is 2. The van der Waals surface area contributed by atoms with E-state index in [2.05, 4.69) is 26.5 Å². The van der Waals surface area contributed by atoms with Crippen LogP contribution in [-0.4, -0.2) is 35.5 Å². The van der Waals surface area contributed by atoms with Gasteiger partial charge in [-0.15, -0.1) is 0 Å². The lowest BCUT2D eigenvalue weighted by Gasteiger charge is -2.25. The van der Waals surface area contributed by atoms with Gasteiger partial charge in [0.2, 0.25) is 0 Å². The second-order valence-corrected chi connectivity index (χ2v) is 4.40. The van der Waals surface area contributed by atoms with Gasteiger partial charge in [-0.25, -0.2) is 30.9 Å². The van der Waals surface area contributed by atoms with Gasteiger partial charge in [-0.1, -0.05) is 30.3 Å². The Hall–Kier alpha value is -2.90. The van der Waals surface area contributed by atoms with Crippen LogP contribution < -0.4 is 16.3 Å². The van der Waals surface area contributed by atoms with Gasteiger partial charge < -0.3 is 0 Å². The van der Waals surface area contributed by atoms with E-state index < -0.39 is 12.1 Å². The number of rotatable bonds is 4. The van der Waals surface area contributed by atoms with Crippen molar-refractivity contribution in [2.24, 2.45) is 10.2 Å². The number of nitrogens with zero attached hydrogens (tertiary/aromatic N) is 3. The van der Waals surface area contributed by atoms with E-state index in [4.69, 9.17) is 0 Å². The summed E-state index contributed by atoms with van der Waals surface area (Å²) in [5.41, 5.74) is 8.71. The van der Waals surface area contributed by atoms with Crippen molar-refractivity contribution in [1.29, 1.82) is 0 Å². The van der Waals surface area contributed by atoms with Crippen LogP contribution in [0.1, 0.15) is 12.5 Å². The van der Waals surface area contributed by atoms with E-state index in [-0.39, 0.29) is 6.54 Å². The van der Waals surface area contributed by atoms with Crippen molar-refractivity contribution in [3.05, 3.63) is 35.9 Å². The van der Waals surface area contributed by atoms with E-state index in [1.807, 2.05) is 30.3 Å². The zero-order valence-electron chi connectivity index (χ0n) is 11.5. The molecule has 1 aliphatic heterocycles. The summed E-state index contributed by atoms with van der Waals surface area (Å²) in [5, 5.41) is 8.67. The molecule has 3 N–H and O–H groups in total. The number of urea groups is 2. The normalized spacial score (nSPS) is 14.6. The van der Waals surface area contributed by atoms with Crippen molar-refractivity contribution in [3.8, 4) is 0 Å². The lowest BCUT2D eigenvalue weighted by Crippen LogP contribution is -2.55. The predicted octanol–water partition coefficient (Wildman–Crippen LogP) is 0.830. The standard InChI is InChI=1S/C13H16N6O2/c1-10-9-19(13(21)17-15-10)18-12(20)16-14-8-7-11-5-3-2-4-6-11/h2-6,8H,7,9H2,1H3,(H,17,21)(H2,16,18,20)/b14-8+. The van der Waals surface area contributed by atoms with Crippen LogP contribution in [0, 0.1) is 0 Å². The Morgan fingerprint density at radius 1 is 1.48 bits per heavy atom. The first-order valence-electron chi connectivity index (χ1n) is 6.38. The molecule has 4 amide bonds. The van der Waals surface area contributed by atoms with Gasteiger partial charge in [0.15, 0.2) is 0 Å². The minimum absolute atomic E-state index is 0.229. The highest BCUT2D eigenvalue weighted by atomic mass is 16.2. The topological polar surface area (TPSA) is 98.2 Å². The van der Waals surface area contributed by atoms with E-state index >= 15 is 0 Å². The first kappa shape index (κ1) is 14.5. The summed E-state index contributed by atoms with van der Waals surface area (Å²) in [6.45, 7) is 1.97. The Labute approximate surface area is 121 Å². The fourth-order valence-corrected chi connectivity index (χ4v) is 1.65. The highest BCUT2D eigenvalue weighted by Gasteiger charge is 2.20. The molecule has 21 heavy (non-hydrogen) atoms. The van der Waals surface area contributed by atoms with Gasteiger partial charge in [-0.2, -0.15) is 10.2 Å². The molecule has 1 aromatic rings. The fraction of sp³-hybridized carbons (Fsp3) is 0.231. The number of hydrogen-bond donors (Lipinski definition) is 3. The largest absolute Gasteiger partial charge is 0.356 e. The molecule has 1 aliphatic rings. The maximum atomic E-state index is 11.6. The minimum atomic E-state index is -0.593. The van der Waals surface area contributed by atoms with Gasteiger partial charge in [-0.05, 0) is 12.5 Å². The van der Waals surface area contributed by atoms with E-state index in [1.54, 1.807) is 13.1 Å². The highest BCUT2D eigenvalue weighted by molar-refractivity contribution is 5.92. The summed E-state index contributed by atoms with van der Waals surface area (Å²) in [5.74, 6) is 0. The zero-order valence-corrected chi connectivity index (χ0v) is 11.5. The van der Waals surface area contributed by atoms with E-state index in [9.17, 15) is 9.59 Å². The summed E-state index contributed by atoms with van der Waals surface area (Å²) < 4.78 is 0. The predicted molar refractivity (Wildman–Crippen MR) is 78.7 cm³/mol. The van der Waals surface area contributed by atoms with E-state index in [1.165, 1.54) is 0 Å². The quantitative estimate of drug-likeness (QED) is 0.565. The highest BCUT2D eigenvalue weighted by Crippen LogP contribution is 1.97. The van der Waals surface area contributed by atoms with Crippen molar-refractivity contribution in [2.75, 3.05) is 6.54 Å². The molecule has 0 unspecified atom stereocenters. The third kappa shape index (κ3) is 4.60. The number of hydrazine groups is 1. The first-order chi connectivity index (χ1) is 10.1. The molecule has 0 radical (unpaired) electrons. The molecule has 8 heteroatoms. The van der Waals surface area contributed by atoms with Crippen LogP contribution in [0.2, 0.25) is 0 Å². The smallest absolute Gasteiger partial charge is 0.245 e. The van der Waals surface area contributed by atoms with Gasteiger partial charge in [0.1, 0.15) is 0 Å². The van der Waals surface area contributed by atoms with Gasteiger partial charge in [0, 0.05) is 12.6 Å². The van der Waals surface area contributed by atoms with Crippen LogP contribution in [-0.2, 0) is 6.42 Å². The van der Waals surface area contributed by atoms with Gasteiger partial charge in [-0.3, -0.25) is 0 Å². The minimum Gasteiger partial charge on any atom is -0.245 e. The lowest BCUT2D eigenvalue weighted by atomic mass is 10.2. The van der Waals surface area contributed by atoms with Crippen molar-refractivity contribution in [3.63, 3.8) is 0 Å². The van der Waals surface area contributed by atoms with Gasteiger partial charge in [0.25, 0.3) is 0 Å². The van der Waals surface area contributed by atoms with Crippen molar-refractivity contribution < 1.29 is 9.59 Å². The van der Waals surface area contributed by atoms with Crippen molar-refractivity contribution >= 4 is 24.0 Å². The molecule has 0 aliphatic carbocycles. The van der Waals surface area contributed by atoms with Crippen LogP contribution in [0.15, 0.2) is 40.5 Å². The third-order valence-corrected chi connectivity index (χ3v) is 2.64. The van der Waals surface area contributed by atoms with Crippen LogP contribution in [0.4, 0.5) is 9.59 Å². The molecule has 0 atom stereocenters. The third-order valence-electron chi connectivity index (χ3n) is 2.64. The van der Waals surface area contributed by atoms with Crippen LogP contribution >= 0.6 is 0 Å². The molecule has 0 saturated carbocycles. The number of carbonyl (C=O) groups excluding carboxylic acids is 2. The second kappa shape index (κ2) is 7.04. The van der Waals surface area contributed by atoms with Crippen molar-refractivity contribution in [2.45, 2.75) is 13.3 Å². The summed E-state index contributed by atoms with van der Waals surface area (Å²) in [4.78, 5) is 23.0.